The van der Waals surface area contributed by atoms with Crippen molar-refractivity contribution in [1.82, 2.24) is 10.2 Å². The first kappa shape index (κ1) is 27.2. The zero-order valence-electron chi connectivity index (χ0n) is 20.7. The lowest BCUT2D eigenvalue weighted by Crippen LogP contribution is -2.50. The van der Waals surface area contributed by atoms with Gasteiger partial charge in [0.2, 0.25) is 11.8 Å². The molecule has 1 atom stereocenters. The van der Waals surface area contributed by atoms with Crippen LogP contribution in [0.4, 0.5) is 5.69 Å². The third kappa shape index (κ3) is 6.25. The third-order valence-corrected chi connectivity index (χ3v) is 7.95. The van der Waals surface area contributed by atoms with Gasteiger partial charge in [0.25, 0.3) is 10.0 Å². The second-order valence-corrected chi connectivity index (χ2v) is 10.9. The molecule has 0 saturated carbocycles. The molecule has 0 aliphatic carbocycles. The van der Waals surface area contributed by atoms with Crippen LogP contribution in [0.15, 0.2) is 77.7 Å². The predicted octanol–water partition coefficient (Wildman–Crippen LogP) is 4.32. The highest BCUT2D eigenvalue weighted by atomic mass is 35.5. The molecule has 2 amide bonds. The van der Waals surface area contributed by atoms with E-state index in [0.717, 1.165) is 15.4 Å². The summed E-state index contributed by atoms with van der Waals surface area (Å²) in [7, 11) is -2.64. The molecule has 190 valence electrons. The number of likely N-dealkylation sites (N-methyl/N-ethyl adjacent to an activating group) is 1. The molecule has 0 bridgehead atoms. The SMILES string of the molecule is CNC(=O)[C@@H](C)N(Cc1ccccc1)C(=O)CN(c1cc(Cl)ccc1C)S(=O)(=O)c1ccc(C)cc1. The second kappa shape index (κ2) is 11.6. The van der Waals surface area contributed by atoms with Gasteiger partial charge in [-0.05, 0) is 56.2 Å². The number of hydrogen-bond donors (Lipinski definition) is 1. The summed E-state index contributed by atoms with van der Waals surface area (Å²) in [5.74, 6) is -0.879. The van der Waals surface area contributed by atoms with Crippen molar-refractivity contribution in [3.05, 3.63) is 94.5 Å². The number of carbonyl (C=O) groups is 2. The Hall–Kier alpha value is -3.36. The number of anilines is 1. The number of sulfonamides is 1. The fourth-order valence-electron chi connectivity index (χ4n) is 3.77. The Kier molecular flexibility index (Phi) is 8.76. The summed E-state index contributed by atoms with van der Waals surface area (Å²) in [6.07, 6.45) is 0. The van der Waals surface area contributed by atoms with Crippen LogP contribution in [0.1, 0.15) is 23.6 Å². The highest BCUT2D eigenvalue weighted by Gasteiger charge is 2.33. The van der Waals surface area contributed by atoms with Gasteiger partial charge in [-0.25, -0.2) is 8.42 Å². The molecule has 36 heavy (non-hydrogen) atoms. The molecule has 7 nitrogen and oxygen atoms in total. The van der Waals surface area contributed by atoms with E-state index in [-0.39, 0.29) is 17.3 Å². The van der Waals surface area contributed by atoms with Crippen LogP contribution in [0.5, 0.6) is 0 Å². The van der Waals surface area contributed by atoms with Gasteiger partial charge >= 0.3 is 0 Å². The lowest BCUT2D eigenvalue weighted by atomic mass is 10.1. The number of carbonyl (C=O) groups excluding carboxylic acids is 2. The van der Waals surface area contributed by atoms with Crippen LogP contribution in [0, 0.1) is 13.8 Å². The van der Waals surface area contributed by atoms with E-state index in [4.69, 9.17) is 11.6 Å². The Labute approximate surface area is 217 Å². The molecule has 0 radical (unpaired) electrons. The highest BCUT2D eigenvalue weighted by Crippen LogP contribution is 2.30. The van der Waals surface area contributed by atoms with Crippen molar-refractivity contribution in [3.63, 3.8) is 0 Å². The minimum Gasteiger partial charge on any atom is -0.357 e. The summed E-state index contributed by atoms with van der Waals surface area (Å²) in [5, 5.41) is 2.91. The first-order chi connectivity index (χ1) is 17.0. The molecule has 0 aliphatic heterocycles. The van der Waals surface area contributed by atoms with Crippen LogP contribution < -0.4 is 9.62 Å². The fourth-order valence-corrected chi connectivity index (χ4v) is 5.41. The van der Waals surface area contributed by atoms with Gasteiger partial charge in [-0.1, -0.05) is 65.7 Å². The minimum absolute atomic E-state index is 0.0502. The average Bonchev–Trinajstić information content (AvgIpc) is 2.87. The molecule has 0 spiro atoms. The van der Waals surface area contributed by atoms with Crippen molar-refractivity contribution >= 4 is 39.1 Å². The summed E-state index contributed by atoms with van der Waals surface area (Å²) < 4.78 is 28.7. The van der Waals surface area contributed by atoms with Crippen molar-refractivity contribution in [2.75, 3.05) is 17.9 Å². The van der Waals surface area contributed by atoms with Gasteiger partial charge in [0.15, 0.2) is 0 Å². The van der Waals surface area contributed by atoms with Gasteiger partial charge in [0.1, 0.15) is 12.6 Å². The van der Waals surface area contributed by atoms with Crippen LogP contribution in [-0.2, 0) is 26.2 Å². The number of amides is 2. The quantitative estimate of drug-likeness (QED) is 0.449. The molecule has 0 fully saturated rings. The van der Waals surface area contributed by atoms with E-state index >= 15 is 0 Å². The Morgan fingerprint density at radius 2 is 1.61 bits per heavy atom. The Balaban J connectivity index is 2.07. The number of halogens is 1. The summed E-state index contributed by atoms with van der Waals surface area (Å²) in [6, 6.07) is 19.7. The van der Waals surface area contributed by atoms with E-state index < -0.39 is 28.5 Å². The predicted molar refractivity (Wildman–Crippen MR) is 142 cm³/mol. The number of rotatable bonds is 9. The van der Waals surface area contributed by atoms with E-state index in [1.165, 1.54) is 30.1 Å². The Morgan fingerprint density at radius 3 is 2.22 bits per heavy atom. The van der Waals surface area contributed by atoms with Gasteiger partial charge in [0.05, 0.1) is 10.6 Å². The first-order valence-corrected chi connectivity index (χ1v) is 13.3. The summed E-state index contributed by atoms with van der Waals surface area (Å²) >= 11 is 6.23. The molecular weight excluding hydrogens is 498 g/mol. The first-order valence-electron chi connectivity index (χ1n) is 11.4. The maximum Gasteiger partial charge on any atom is 0.264 e. The fraction of sp³-hybridized carbons (Fsp3) is 0.259. The number of nitrogens with zero attached hydrogens (tertiary/aromatic N) is 2. The molecule has 3 rings (SSSR count). The van der Waals surface area contributed by atoms with Crippen molar-refractivity contribution < 1.29 is 18.0 Å². The zero-order valence-corrected chi connectivity index (χ0v) is 22.3. The molecular formula is C27H30ClN3O4S. The average molecular weight is 528 g/mol. The molecule has 3 aromatic carbocycles. The lowest BCUT2D eigenvalue weighted by Gasteiger charge is -2.32. The third-order valence-electron chi connectivity index (χ3n) is 5.94. The zero-order chi connectivity index (χ0) is 26.5. The Morgan fingerprint density at radius 1 is 0.972 bits per heavy atom. The number of nitrogens with one attached hydrogen (secondary N) is 1. The van der Waals surface area contributed by atoms with Gasteiger partial charge in [0, 0.05) is 18.6 Å². The van der Waals surface area contributed by atoms with E-state index in [1.807, 2.05) is 37.3 Å². The van der Waals surface area contributed by atoms with Crippen LogP contribution in [-0.4, -0.2) is 44.8 Å². The van der Waals surface area contributed by atoms with E-state index in [2.05, 4.69) is 5.32 Å². The highest BCUT2D eigenvalue weighted by molar-refractivity contribution is 7.92. The topological polar surface area (TPSA) is 86.8 Å². The maximum atomic E-state index is 13.8. The molecule has 0 heterocycles. The second-order valence-electron chi connectivity index (χ2n) is 8.55. The monoisotopic (exact) mass is 527 g/mol. The van der Waals surface area contributed by atoms with Crippen LogP contribution >= 0.6 is 11.6 Å². The summed E-state index contributed by atoms with van der Waals surface area (Å²) in [6.45, 7) is 4.86. The standard InChI is InChI=1S/C27H30ClN3O4S/c1-19-10-14-24(15-11-19)36(34,35)31(25-16-23(28)13-12-20(25)2)18-26(32)30(21(3)27(33)29-4)17-22-8-6-5-7-9-22/h5-16,21H,17-18H2,1-4H3,(H,29,33)/t21-/m1/s1. The lowest BCUT2D eigenvalue weighted by molar-refractivity contribution is -0.139. The normalized spacial score (nSPS) is 12.0. The number of aryl methyl sites for hydroxylation is 2. The molecule has 1 N–H and O–H groups in total. The van der Waals surface area contributed by atoms with Gasteiger partial charge < -0.3 is 10.2 Å². The van der Waals surface area contributed by atoms with Gasteiger partial charge in [-0.2, -0.15) is 0 Å². The smallest absolute Gasteiger partial charge is 0.264 e. The van der Waals surface area contributed by atoms with Gasteiger partial charge in [-0.3, -0.25) is 13.9 Å². The van der Waals surface area contributed by atoms with Crippen molar-refractivity contribution in [2.24, 2.45) is 0 Å². The van der Waals surface area contributed by atoms with Crippen molar-refractivity contribution in [2.45, 2.75) is 38.3 Å². The van der Waals surface area contributed by atoms with Crippen molar-refractivity contribution in [3.8, 4) is 0 Å². The van der Waals surface area contributed by atoms with E-state index in [9.17, 15) is 18.0 Å². The molecule has 0 aromatic heterocycles. The summed E-state index contributed by atoms with van der Waals surface area (Å²) in [4.78, 5) is 27.7. The molecule has 0 saturated heterocycles. The molecule has 0 aliphatic rings. The molecule has 9 heteroatoms. The number of benzene rings is 3. The van der Waals surface area contributed by atoms with Crippen molar-refractivity contribution in [1.29, 1.82) is 0 Å². The maximum absolute atomic E-state index is 13.8. The number of hydrogen-bond acceptors (Lipinski definition) is 4. The van der Waals surface area contributed by atoms with E-state index in [1.54, 1.807) is 38.1 Å². The van der Waals surface area contributed by atoms with Crippen LogP contribution in [0.25, 0.3) is 0 Å². The molecule has 0 unspecified atom stereocenters. The largest absolute Gasteiger partial charge is 0.357 e. The molecule has 3 aromatic rings. The van der Waals surface area contributed by atoms with Crippen LogP contribution in [0.2, 0.25) is 5.02 Å². The Bertz CT molecular complexity index is 1330. The van der Waals surface area contributed by atoms with E-state index in [0.29, 0.717) is 16.3 Å². The van der Waals surface area contributed by atoms with Crippen LogP contribution in [0.3, 0.4) is 0 Å². The summed E-state index contributed by atoms with van der Waals surface area (Å²) in [5.41, 5.74) is 2.65. The minimum atomic E-state index is -4.14. The van der Waals surface area contributed by atoms with Gasteiger partial charge in [-0.15, -0.1) is 0 Å².